The average molecular weight is 562 g/mol. The molecule has 1 saturated heterocycles. The SMILES string of the molecule is CC(C)C(NC(=O)NC(C)(C)OC(=O)OCS(=O)(=O)O)C(=O)N1CCC(c2ccc(Cl)cc2)C(C)(C)C1. The molecule has 2 rings (SSSR count). The van der Waals surface area contributed by atoms with Gasteiger partial charge in [0.15, 0.2) is 5.72 Å². The number of halogens is 1. The zero-order chi connectivity index (χ0) is 28.2. The van der Waals surface area contributed by atoms with E-state index in [0.717, 1.165) is 12.0 Å². The summed E-state index contributed by atoms with van der Waals surface area (Å²) < 4.78 is 39.2. The van der Waals surface area contributed by atoms with E-state index in [1.54, 1.807) is 4.90 Å². The van der Waals surface area contributed by atoms with Crippen LogP contribution in [0.4, 0.5) is 9.59 Å². The van der Waals surface area contributed by atoms with Gasteiger partial charge in [-0.05, 0) is 55.2 Å². The summed E-state index contributed by atoms with van der Waals surface area (Å²) in [5.74, 6) is -1.51. The Morgan fingerprint density at radius 2 is 1.81 bits per heavy atom. The lowest BCUT2D eigenvalue weighted by atomic mass is 9.70. The Hall–Kier alpha value is -2.57. The average Bonchev–Trinajstić information content (AvgIpc) is 2.74. The monoisotopic (exact) mass is 561 g/mol. The van der Waals surface area contributed by atoms with Crippen molar-refractivity contribution in [1.82, 2.24) is 15.5 Å². The van der Waals surface area contributed by atoms with Crippen LogP contribution in [0.25, 0.3) is 0 Å². The predicted octanol–water partition coefficient (Wildman–Crippen LogP) is 3.74. The molecule has 208 valence electrons. The normalized spacial score (nSPS) is 18.6. The van der Waals surface area contributed by atoms with E-state index in [-0.39, 0.29) is 23.2 Å². The molecule has 1 fully saturated rings. The fraction of sp³-hybridized carbons (Fsp3) is 0.625. The van der Waals surface area contributed by atoms with E-state index in [0.29, 0.717) is 18.1 Å². The van der Waals surface area contributed by atoms with Gasteiger partial charge in [-0.25, -0.2) is 9.59 Å². The van der Waals surface area contributed by atoms with Crippen molar-refractivity contribution in [1.29, 1.82) is 0 Å². The summed E-state index contributed by atoms with van der Waals surface area (Å²) in [6, 6.07) is 6.14. The minimum Gasteiger partial charge on any atom is -0.415 e. The van der Waals surface area contributed by atoms with Gasteiger partial charge in [-0.2, -0.15) is 8.42 Å². The van der Waals surface area contributed by atoms with Crippen LogP contribution >= 0.6 is 11.6 Å². The minimum absolute atomic E-state index is 0.218. The largest absolute Gasteiger partial charge is 0.511 e. The Kier molecular flexibility index (Phi) is 9.83. The molecule has 0 aliphatic carbocycles. The highest BCUT2D eigenvalue weighted by atomic mass is 35.5. The van der Waals surface area contributed by atoms with Crippen LogP contribution in [-0.2, 0) is 24.4 Å². The van der Waals surface area contributed by atoms with Crippen LogP contribution in [0.3, 0.4) is 0 Å². The molecule has 1 heterocycles. The van der Waals surface area contributed by atoms with Crippen LogP contribution in [-0.4, -0.2) is 66.8 Å². The number of nitrogens with one attached hydrogen (secondary N) is 2. The van der Waals surface area contributed by atoms with Crippen LogP contribution in [0.2, 0.25) is 5.02 Å². The van der Waals surface area contributed by atoms with Gasteiger partial charge in [0, 0.05) is 18.1 Å². The van der Waals surface area contributed by atoms with E-state index in [1.165, 1.54) is 13.8 Å². The Labute approximate surface area is 222 Å². The maximum absolute atomic E-state index is 13.5. The Balaban J connectivity index is 2.01. The predicted molar refractivity (Wildman–Crippen MR) is 138 cm³/mol. The number of nitrogens with zero attached hydrogens (tertiary/aromatic N) is 1. The van der Waals surface area contributed by atoms with E-state index >= 15 is 0 Å². The van der Waals surface area contributed by atoms with Gasteiger partial charge in [0.25, 0.3) is 0 Å². The number of likely N-dealkylation sites (tertiary alicyclic amines) is 1. The van der Waals surface area contributed by atoms with Crippen molar-refractivity contribution in [3.05, 3.63) is 34.9 Å². The van der Waals surface area contributed by atoms with E-state index in [1.807, 2.05) is 38.1 Å². The number of amides is 3. The Morgan fingerprint density at radius 1 is 1.22 bits per heavy atom. The molecule has 2 unspecified atom stereocenters. The van der Waals surface area contributed by atoms with Crippen LogP contribution in [0.15, 0.2) is 24.3 Å². The number of carbonyl (C=O) groups excluding carboxylic acids is 3. The third kappa shape index (κ3) is 9.35. The lowest BCUT2D eigenvalue weighted by Crippen LogP contribution is -2.59. The Morgan fingerprint density at radius 3 is 2.32 bits per heavy atom. The highest BCUT2D eigenvalue weighted by Crippen LogP contribution is 2.42. The first-order valence-electron chi connectivity index (χ1n) is 11.8. The van der Waals surface area contributed by atoms with Crippen molar-refractivity contribution in [2.24, 2.45) is 11.3 Å². The fourth-order valence-corrected chi connectivity index (χ4v) is 4.78. The summed E-state index contributed by atoms with van der Waals surface area (Å²) in [5, 5.41) is 5.73. The fourth-order valence-electron chi connectivity index (χ4n) is 4.40. The van der Waals surface area contributed by atoms with Crippen molar-refractivity contribution < 1.29 is 36.8 Å². The highest BCUT2D eigenvalue weighted by molar-refractivity contribution is 7.85. The van der Waals surface area contributed by atoms with Crippen molar-refractivity contribution in [2.75, 3.05) is 19.0 Å². The summed E-state index contributed by atoms with van der Waals surface area (Å²) >= 11 is 6.03. The molecule has 0 saturated carbocycles. The molecule has 3 N–H and O–H groups in total. The van der Waals surface area contributed by atoms with Crippen molar-refractivity contribution in [2.45, 2.75) is 65.6 Å². The minimum atomic E-state index is -4.54. The zero-order valence-corrected chi connectivity index (χ0v) is 23.5. The van der Waals surface area contributed by atoms with Gasteiger partial charge < -0.3 is 25.0 Å². The van der Waals surface area contributed by atoms with Crippen molar-refractivity contribution in [3.63, 3.8) is 0 Å². The molecule has 13 heteroatoms. The summed E-state index contributed by atoms with van der Waals surface area (Å²) in [7, 11) is -4.54. The van der Waals surface area contributed by atoms with Gasteiger partial charge in [-0.1, -0.05) is 51.4 Å². The second-order valence-corrected chi connectivity index (χ2v) is 12.5. The van der Waals surface area contributed by atoms with Gasteiger partial charge in [0.05, 0.1) is 0 Å². The second-order valence-electron chi connectivity index (χ2n) is 10.7. The number of carbonyl (C=O) groups is 3. The molecule has 1 aliphatic rings. The number of hydrogen-bond donors (Lipinski definition) is 3. The number of piperidine rings is 1. The summed E-state index contributed by atoms with van der Waals surface area (Å²) in [6.45, 7) is 11.5. The second kappa shape index (κ2) is 11.9. The third-order valence-electron chi connectivity index (χ3n) is 6.11. The van der Waals surface area contributed by atoms with Crippen molar-refractivity contribution >= 4 is 39.8 Å². The van der Waals surface area contributed by atoms with Crippen LogP contribution in [0, 0.1) is 11.3 Å². The molecular weight excluding hydrogens is 526 g/mol. The van der Waals surface area contributed by atoms with Gasteiger partial charge in [-0.3, -0.25) is 9.35 Å². The van der Waals surface area contributed by atoms with E-state index < -0.39 is 40.0 Å². The number of benzene rings is 1. The number of hydrogen-bond acceptors (Lipinski definition) is 7. The van der Waals surface area contributed by atoms with Gasteiger partial charge in [0.1, 0.15) is 6.04 Å². The maximum Gasteiger partial charge on any atom is 0.511 e. The van der Waals surface area contributed by atoms with Crippen LogP contribution in [0.5, 0.6) is 0 Å². The topological polar surface area (TPSA) is 151 Å². The molecule has 3 amide bonds. The lowest BCUT2D eigenvalue weighted by molar-refractivity contribution is -0.138. The summed E-state index contributed by atoms with van der Waals surface area (Å²) in [4.78, 5) is 39.6. The first kappa shape index (κ1) is 30.7. The molecule has 0 spiro atoms. The first-order chi connectivity index (χ1) is 16.9. The van der Waals surface area contributed by atoms with E-state index in [4.69, 9.17) is 20.9 Å². The maximum atomic E-state index is 13.5. The number of rotatable bonds is 8. The molecule has 0 bridgehead atoms. The van der Waals surface area contributed by atoms with Gasteiger partial charge in [0.2, 0.25) is 11.8 Å². The molecular formula is C24H36ClN3O8S. The summed E-state index contributed by atoms with van der Waals surface area (Å²) in [6.07, 6.45) is -0.658. The number of ether oxygens (including phenoxy) is 2. The number of urea groups is 1. The molecule has 1 aromatic carbocycles. The molecule has 2 atom stereocenters. The molecule has 37 heavy (non-hydrogen) atoms. The van der Waals surface area contributed by atoms with E-state index in [9.17, 15) is 22.8 Å². The summed E-state index contributed by atoms with van der Waals surface area (Å²) in [5.41, 5.74) is -0.662. The smallest absolute Gasteiger partial charge is 0.415 e. The van der Waals surface area contributed by atoms with Crippen LogP contribution < -0.4 is 10.6 Å². The molecule has 0 aromatic heterocycles. The zero-order valence-electron chi connectivity index (χ0n) is 21.9. The quantitative estimate of drug-likeness (QED) is 0.246. The first-order valence-corrected chi connectivity index (χ1v) is 13.8. The molecule has 1 aromatic rings. The van der Waals surface area contributed by atoms with Crippen LogP contribution in [0.1, 0.15) is 59.4 Å². The molecule has 11 nitrogen and oxygen atoms in total. The van der Waals surface area contributed by atoms with E-state index in [2.05, 4.69) is 29.2 Å². The van der Waals surface area contributed by atoms with Gasteiger partial charge in [-0.15, -0.1) is 0 Å². The third-order valence-corrected chi connectivity index (χ3v) is 6.78. The molecule has 0 radical (unpaired) electrons. The Bertz CT molecular complexity index is 1090. The highest BCUT2D eigenvalue weighted by Gasteiger charge is 2.41. The van der Waals surface area contributed by atoms with Gasteiger partial charge >= 0.3 is 22.3 Å². The van der Waals surface area contributed by atoms with Crippen molar-refractivity contribution in [3.8, 4) is 0 Å². The lowest BCUT2D eigenvalue weighted by Gasteiger charge is -2.45. The standard InChI is InChI=1S/C24H36ClN3O8S/c1-15(2)19(26-21(30)27-24(5,6)36-22(31)35-14-37(32,33)34)20(29)28-12-11-18(23(3,4)13-28)16-7-9-17(25)10-8-16/h7-10,15,18-19H,11-14H2,1-6H3,(H2,26,27,30)(H,32,33,34). The molecule has 1 aliphatic heterocycles.